The average molecular weight is 499 g/mol. The standard InChI is InChI=1S/C24H28F2N8O2/c1-13(16-4-5-19(28-12-16)36-23(25)26)22(35)34-9-8-24(11-18(24)34)7-6-15-10-17(14(2)29-20(15)27)21-30-32-33(3)31-21/h4-5,10,12-13,18,23H,6-9,11H2,1-3H3,(H2,27,29)/t13-,18?,24+/m0/s1. The van der Waals surface area contributed by atoms with E-state index in [-0.39, 0.29) is 23.2 Å². The fourth-order valence-corrected chi connectivity index (χ4v) is 5.26. The lowest BCUT2D eigenvalue weighted by Gasteiger charge is -2.22. The van der Waals surface area contributed by atoms with Crippen molar-refractivity contribution in [3.63, 3.8) is 0 Å². The number of carbonyl (C=O) groups excluding carboxylic acids is 1. The van der Waals surface area contributed by atoms with Crippen molar-refractivity contribution in [1.29, 1.82) is 0 Å². The molecule has 4 heterocycles. The number of rotatable bonds is 8. The van der Waals surface area contributed by atoms with Gasteiger partial charge in [0.15, 0.2) is 0 Å². The minimum atomic E-state index is -2.93. The molecule has 2 fully saturated rings. The Kier molecular flexibility index (Phi) is 6.05. The molecule has 36 heavy (non-hydrogen) atoms. The highest BCUT2D eigenvalue weighted by Crippen LogP contribution is 2.60. The van der Waals surface area contributed by atoms with Gasteiger partial charge in [-0.3, -0.25) is 4.79 Å². The summed E-state index contributed by atoms with van der Waals surface area (Å²) in [4.78, 5) is 25.0. The molecule has 1 aliphatic heterocycles. The monoisotopic (exact) mass is 498 g/mol. The minimum Gasteiger partial charge on any atom is -0.417 e. The van der Waals surface area contributed by atoms with Gasteiger partial charge in [-0.1, -0.05) is 6.07 Å². The summed E-state index contributed by atoms with van der Waals surface area (Å²) < 4.78 is 29.0. The third kappa shape index (κ3) is 4.47. The molecule has 10 nitrogen and oxygen atoms in total. The number of pyridine rings is 2. The number of nitrogen functional groups attached to an aromatic ring is 1. The molecule has 3 aromatic rings. The van der Waals surface area contributed by atoms with Gasteiger partial charge in [0.25, 0.3) is 0 Å². The van der Waals surface area contributed by atoms with E-state index >= 15 is 0 Å². The van der Waals surface area contributed by atoms with Crippen molar-refractivity contribution in [2.75, 3.05) is 12.3 Å². The molecule has 0 bridgehead atoms. The number of carbonyl (C=O) groups is 1. The number of fused-ring (bicyclic) bond motifs is 1. The molecule has 3 atom stereocenters. The Balaban J connectivity index is 1.23. The van der Waals surface area contributed by atoms with Crippen LogP contribution in [0.3, 0.4) is 0 Å². The highest BCUT2D eigenvalue weighted by molar-refractivity contribution is 5.84. The van der Waals surface area contributed by atoms with E-state index in [0.717, 1.165) is 42.5 Å². The highest BCUT2D eigenvalue weighted by Gasteiger charge is 2.61. The van der Waals surface area contributed by atoms with E-state index < -0.39 is 12.5 Å². The van der Waals surface area contributed by atoms with E-state index in [0.29, 0.717) is 23.8 Å². The maximum atomic E-state index is 13.3. The van der Waals surface area contributed by atoms with Gasteiger partial charge < -0.3 is 15.4 Å². The van der Waals surface area contributed by atoms with Gasteiger partial charge in [0.1, 0.15) is 5.82 Å². The average Bonchev–Trinajstić information content (AvgIpc) is 3.18. The Labute approximate surface area is 206 Å². The van der Waals surface area contributed by atoms with E-state index in [1.165, 1.54) is 17.1 Å². The second kappa shape index (κ2) is 9.07. The quantitative estimate of drug-likeness (QED) is 0.503. The number of alkyl halides is 2. The molecule has 1 aliphatic carbocycles. The zero-order chi connectivity index (χ0) is 25.6. The van der Waals surface area contributed by atoms with Crippen LogP contribution in [0.2, 0.25) is 0 Å². The Morgan fingerprint density at radius 3 is 2.81 bits per heavy atom. The molecule has 3 aromatic heterocycles. The van der Waals surface area contributed by atoms with Gasteiger partial charge in [0.05, 0.1) is 18.7 Å². The molecule has 0 spiro atoms. The molecule has 1 unspecified atom stereocenters. The van der Waals surface area contributed by atoms with Crippen LogP contribution in [0.25, 0.3) is 11.4 Å². The molecular formula is C24H28F2N8O2. The van der Waals surface area contributed by atoms with Gasteiger partial charge in [-0.25, -0.2) is 9.97 Å². The zero-order valence-corrected chi connectivity index (χ0v) is 20.4. The van der Waals surface area contributed by atoms with Crippen LogP contribution < -0.4 is 10.5 Å². The number of anilines is 1. The largest absolute Gasteiger partial charge is 0.417 e. The molecule has 1 saturated heterocycles. The van der Waals surface area contributed by atoms with Crippen LogP contribution in [-0.2, 0) is 18.3 Å². The van der Waals surface area contributed by atoms with Crippen molar-refractivity contribution in [3.05, 3.63) is 41.2 Å². The lowest BCUT2D eigenvalue weighted by molar-refractivity contribution is -0.132. The molecule has 2 aliphatic rings. The SMILES string of the molecule is Cc1nc(N)c(CC[C@]23CCN(C(=O)[C@@H](C)c4ccc(OC(F)F)nc4)C2C3)cc1-c1nnn(C)n1. The number of aryl methyl sites for hydroxylation is 3. The summed E-state index contributed by atoms with van der Waals surface area (Å²) in [6.45, 7) is 1.45. The van der Waals surface area contributed by atoms with Crippen LogP contribution >= 0.6 is 0 Å². The van der Waals surface area contributed by atoms with E-state index in [1.807, 2.05) is 24.8 Å². The first-order valence-electron chi connectivity index (χ1n) is 11.9. The number of aromatic nitrogens is 6. The van der Waals surface area contributed by atoms with Crippen molar-refractivity contribution in [2.45, 2.75) is 58.1 Å². The maximum Gasteiger partial charge on any atom is 0.388 e. The number of halogens is 2. The summed E-state index contributed by atoms with van der Waals surface area (Å²) in [5.74, 6) is 0.449. The van der Waals surface area contributed by atoms with E-state index in [2.05, 4.69) is 30.1 Å². The van der Waals surface area contributed by atoms with Crippen LogP contribution in [0.1, 0.15) is 48.9 Å². The van der Waals surface area contributed by atoms with E-state index in [1.54, 1.807) is 13.1 Å². The van der Waals surface area contributed by atoms with Gasteiger partial charge in [-0.15, -0.1) is 10.2 Å². The first-order chi connectivity index (χ1) is 17.2. The first-order valence-corrected chi connectivity index (χ1v) is 11.9. The van der Waals surface area contributed by atoms with Crippen LogP contribution in [0.15, 0.2) is 24.4 Å². The summed E-state index contributed by atoms with van der Waals surface area (Å²) in [5, 5.41) is 12.3. The van der Waals surface area contributed by atoms with Crippen molar-refractivity contribution in [3.8, 4) is 17.3 Å². The number of amides is 1. The Bertz CT molecular complexity index is 1280. The molecule has 0 radical (unpaired) electrons. The van der Waals surface area contributed by atoms with Crippen LogP contribution in [0, 0.1) is 12.3 Å². The number of piperidine rings is 1. The number of hydrogen-bond donors (Lipinski definition) is 1. The first kappa shape index (κ1) is 24.0. The highest BCUT2D eigenvalue weighted by atomic mass is 19.3. The second-order valence-corrected chi connectivity index (χ2v) is 9.66. The molecule has 190 valence electrons. The number of nitrogens with two attached hydrogens (primary N) is 1. The van der Waals surface area contributed by atoms with Crippen LogP contribution in [0.4, 0.5) is 14.6 Å². The molecular weight excluding hydrogens is 470 g/mol. The third-order valence-corrected chi connectivity index (χ3v) is 7.46. The summed E-state index contributed by atoms with van der Waals surface area (Å²) in [7, 11) is 1.71. The molecule has 12 heteroatoms. The Morgan fingerprint density at radius 2 is 2.17 bits per heavy atom. The van der Waals surface area contributed by atoms with Gasteiger partial charge in [-0.2, -0.15) is 13.6 Å². The summed E-state index contributed by atoms with van der Waals surface area (Å²) in [5.41, 5.74) is 9.50. The van der Waals surface area contributed by atoms with Gasteiger partial charge in [0.2, 0.25) is 17.6 Å². The van der Waals surface area contributed by atoms with Crippen LogP contribution in [0.5, 0.6) is 5.88 Å². The van der Waals surface area contributed by atoms with Crippen LogP contribution in [-0.4, -0.2) is 60.2 Å². The predicted molar refractivity (Wildman–Crippen MR) is 126 cm³/mol. The molecule has 1 saturated carbocycles. The maximum absolute atomic E-state index is 13.3. The van der Waals surface area contributed by atoms with Gasteiger partial charge >= 0.3 is 6.61 Å². The van der Waals surface area contributed by atoms with Crippen molar-refractivity contribution in [1.82, 2.24) is 35.1 Å². The van der Waals surface area contributed by atoms with Gasteiger partial charge in [-0.05, 0) is 67.4 Å². The van der Waals surface area contributed by atoms with Gasteiger partial charge in [0, 0.05) is 30.4 Å². The summed E-state index contributed by atoms with van der Waals surface area (Å²) in [6.07, 6.45) is 4.97. The lowest BCUT2D eigenvalue weighted by Crippen LogP contribution is -2.34. The third-order valence-electron chi connectivity index (χ3n) is 7.46. The molecule has 1 amide bonds. The number of likely N-dealkylation sites (tertiary alicyclic amines) is 1. The van der Waals surface area contributed by atoms with Crippen molar-refractivity contribution in [2.24, 2.45) is 12.5 Å². The molecule has 5 rings (SSSR count). The topological polar surface area (TPSA) is 125 Å². The normalized spacial score (nSPS) is 21.5. The predicted octanol–water partition coefficient (Wildman–Crippen LogP) is 2.89. The minimum absolute atomic E-state index is 0.0243. The molecule has 0 aromatic carbocycles. The summed E-state index contributed by atoms with van der Waals surface area (Å²) >= 11 is 0. The Hall–Kier alpha value is -3.70. The van der Waals surface area contributed by atoms with E-state index in [9.17, 15) is 13.6 Å². The second-order valence-electron chi connectivity index (χ2n) is 9.66. The number of nitrogens with zero attached hydrogens (tertiary/aromatic N) is 7. The van der Waals surface area contributed by atoms with Crippen molar-refractivity contribution < 1.29 is 18.3 Å². The smallest absolute Gasteiger partial charge is 0.388 e. The fourth-order valence-electron chi connectivity index (χ4n) is 5.26. The fraction of sp³-hybridized carbons (Fsp3) is 0.500. The molecule has 2 N–H and O–H groups in total. The number of hydrogen-bond acceptors (Lipinski definition) is 8. The van der Waals surface area contributed by atoms with Crippen molar-refractivity contribution >= 4 is 11.7 Å². The Morgan fingerprint density at radius 1 is 1.36 bits per heavy atom. The number of tetrazole rings is 1. The lowest BCUT2D eigenvalue weighted by atomic mass is 9.94. The van der Waals surface area contributed by atoms with E-state index in [4.69, 9.17) is 5.73 Å². The summed E-state index contributed by atoms with van der Waals surface area (Å²) in [6, 6.07) is 5.17. The zero-order valence-electron chi connectivity index (χ0n) is 20.4. The number of ether oxygens (including phenoxy) is 1.